The molecule has 0 radical (unpaired) electrons. The topological polar surface area (TPSA) is 15.3 Å². The lowest BCUT2D eigenvalue weighted by Gasteiger charge is -2.45. The molecule has 1 unspecified atom stereocenters. The zero-order valence-corrected chi connectivity index (χ0v) is 9.09. The van der Waals surface area contributed by atoms with E-state index in [1.54, 1.807) is 11.3 Å². The van der Waals surface area contributed by atoms with Crippen LogP contribution in [-0.2, 0) is 0 Å². The summed E-state index contributed by atoms with van der Waals surface area (Å²) in [5.41, 5.74) is 1.31. The molecule has 4 rings (SSSR count). The highest BCUT2D eigenvalue weighted by atomic mass is 32.1. The molecule has 0 saturated carbocycles. The molecule has 1 atom stereocenters. The SMILES string of the molecule is c1cc(NC2CN3CCC2CC3)cs1. The molecule has 1 aromatic rings. The van der Waals surface area contributed by atoms with Gasteiger partial charge in [-0.3, -0.25) is 0 Å². The molecule has 2 bridgehead atoms. The van der Waals surface area contributed by atoms with E-state index >= 15 is 0 Å². The van der Waals surface area contributed by atoms with Crippen molar-refractivity contribution >= 4 is 17.0 Å². The largest absolute Gasteiger partial charge is 0.380 e. The molecule has 1 N–H and O–H groups in total. The fourth-order valence-corrected chi connectivity index (χ4v) is 3.29. The molecule has 2 nitrogen and oxygen atoms in total. The van der Waals surface area contributed by atoms with E-state index < -0.39 is 0 Å². The van der Waals surface area contributed by atoms with Gasteiger partial charge < -0.3 is 10.2 Å². The van der Waals surface area contributed by atoms with E-state index in [0.717, 1.165) is 5.92 Å². The lowest BCUT2D eigenvalue weighted by atomic mass is 9.84. The van der Waals surface area contributed by atoms with Gasteiger partial charge in [-0.1, -0.05) is 0 Å². The minimum absolute atomic E-state index is 0.701. The first-order chi connectivity index (χ1) is 6.92. The van der Waals surface area contributed by atoms with Crippen molar-refractivity contribution in [3.8, 4) is 0 Å². The van der Waals surface area contributed by atoms with Crippen LogP contribution >= 0.6 is 11.3 Å². The summed E-state index contributed by atoms with van der Waals surface area (Å²) in [5, 5.41) is 8.01. The van der Waals surface area contributed by atoms with Gasteiger partial charge in [-0.2, -0.15) is 11.3 Å². The number of thiophene rings is 1. The molecule has 3 aliphatic heterocycles. The molecular weight excluding hydrogens is 192 g/mol. The number of fused-ring (bicyclic) bond motifs is 3. The fourth-order valence-electron chi connectivity index (χ4n) is 2.69. The molecule has 3 saturated heterocycles. The highest BCUT2D eigenvalue weighted by Crippen LogP contribution is 2.30. The van der Waals surface area contributed by atoms with Crippen LogP contribution in [0.3, 0.4) is 0 Å². The minimum Gasteiger partial charge on any atom is -0.380 e. The average molecular weight is 208 g/mol. The summed E-state index contributed by atoms with van der Waals surface area (Å²) in [6.07, 6.45) is 2.78. The standard InChI is InChI=1S/C11H16N2S/c1-4-13-5-2-9(1)11(7-13)12-10-3-6-14-8-10/h3,6,8-9,11-12H,1-2,4-5,7H2. The van der Waals surface area contributed by atoms with E-state index in [-0.39, 0.29) is 0 Å². The molecule has 0 amide bonds. The Kier molecular flexibility index (Phi) is 2.22. The maximum Gasteiger partial charge on any atom is 0.0451 e. The molecule has 0 aromatic carbocycles. The Hall–Kier alpha value is -0.540. The molecule has 3 fully saturated rings. The molecule has 0 aliphatic carbocycles. The van der Waals surface area contributed by atoms with Gasteiger partial charge in [0.25, 0.3) is 0 Å². The zero-order chi connectivity index (χ0) is 9.38. The van der Waals surface area contributed by atoms with E-state index in [4.69, 9.17) is 0 Å². The van der Waals surface area contributed by atoms with Crippen LogP contribution in [-0.4, -0.2) is 30.6 Å². The van der Waals surface area contributed by atoms with Gasteiger partial charge in [0.05, 0.1) is 0 Å². The molecule has 3 heteroatoms. The maximum absolute atomic E-state index is 3.66. The molecule has 14 heavy (non-hydrogen) atoms. The van der Waals surface area contributed by atoms with Crippen molar-refractivity contribution in [2.45, 2.75) is 18.9 Å². The van der Waals surface area contributed by atoms with Crippen molar-refractivity contribution in [3.63, 3.8) is 0 Å². The predicted octanol–water partition coefficient (Wildman–Crippen LogP) is 2.25. The molecule has 76 valence electrons. The number of rotatable bonds is 2. The quantitative estimate of drug-likeness (QED) is 0.802. The van der Waals surface area contributed by atoms with Crippen molar-refractivity contribution in [3.05, 3.63) is 16.8 Å². The van der Waals surface area contributed by atoms with Crippen LogP contribution in [0.25, 0.3) is 0 Å². The number of hydrogen-bond acceptors (Lipinski definition) is 3. The highest BCUT2D eigenvalue weighted by molar-refractivity contribution is 7.08. The smallest absolute Gasteiger partial charge is 0.0451 e. The van der Waals surface area contributed by atoms with Crippen molar-refractivity contribution in [1.82, 2.24) is 4.90 Å². The first-order valence-electron chi connectivity index (χ1n) is 5.43. The van der Waals surface area contributed by atoms with Gasteiger partial charge in [0, 0.05) is 23.7 Å². The van der Waals surface area contributed by atoms with Gasteiger partial charge >= 0.3 is 0 Å². The Morgan fingerprint density at radius 1 is 1.36 bits per heavy atom. The second-order valence-corrected chi connectivity index (χ2v) is 5.18. The Labute approximate surface area is 88.9 Å². The van der Waals surface area contributed by atoms with E-state index in [1.165, 1.54) is 38.2 Å². The van der Waals surface area contributed by atoms with E-state index in [0.29, 0.717) is 6.04 Å². The van der Waals surface area contributed by atoms with Crippen LogP contribution in [0.2, 0.25) is 0 Å². The molecule has 4 heterocycles. The fraction of sp³-hybridized carbons (Fsp3) is 0.636. The number of anilines is 1. The van der Waals surface area contributed by atoms with E-state index in [1.807, 2.05) is 0 Å². The Morgan fingerprint density at radius 2 is 2.21 bits per heavy atom. The van der Waals surface area contributed by atoms with Gasteiger partial charge in [-0.25, -0.2) is 0 Å². The summed E-state index contributed by atoms with van der Waals surface area (Å²) >= 11 is 1.77. The van der Waals surface area contributed by atoms with Crippen molar-refractivity contribution in [1.29, 1.82) is 0 Å². The van der Waals surface area contributed by atoms with E-state index in [2.05, 4.69) is 27.0 Å². The number of hydrogen-bond donors (Lipinski definition) is 1. The van der Waals surface area contributed by atoms with Gasteiger partial charge in [-0.05, 0) is 43.3 Å². The normalized spacial score (nSPS) is 35.9. The summed E-state index contributed by atoms with van der Waals surface area (Å²) in [6, 6.07) is 2.88. The highest BCUT2D eigenvalue weighted by Gasteiger charge is 2.33. The molecule has 0 spiro atoms. The molecule has 1 aromatic heterocycles. The summed E-state index contributed by atoms with van der Waals surface area (Å²) in [7, 11) is 0. The Bertz CT molecular complexity index is 288. The lowest BCUT2D eigenvalue weighted by Crippen LogP contribution is -2.53. The van der Waals surface area contributed by atoms with Crippen molar-refractivity contribution in [2.24, 2.45) is 5.92 Å². The second-order valence-electron chi connectivity index (χ2n) is 4.40. The zero-order valence-electron chi connectivity index (χ0n) is 8.28. The first-order valence-corrected chi connectivity index (χ1v) is 6.37. The van der Waals surface area contributed by atoms with Crippen LogP contribution in [0.1, 0.15) is 12.8 Å². The summed E-state index contributed by atoms with van der Waals surface area (Å²) in [6.45, 7) is 3.90. The average Bonchev–Trinajstić information content (AvgIpc) is 2.72. The number of nitrogens with zero attached hydrogens (tertiary/aromatic N) is 1. The monoisotopic (exact) mass is 208 g/mol. The van der Waals surface area contributed by atoms with Crippen LogP contribution in [0.15, 0.2) is 16.8 Å². The van der Waals surface area contributed by atoms with E-state index in [9.17, 15) is 0 Å². The lowest BCUT2D eigenvalue weighted by molar-refractivity contribution is 0.0975. The third kappa shape index (κ3) is 1.55. The number of nitrogens with one attached hydrogen (secondary N) is 1. The van der Waals surface area contributed by atoms with Crippen LogP contribution in [0, 0.1) is 5.92 Å². The first kappa shape index (κ1) is 8.74. The summed E-state index contributed by atoms with van der Waals surface area (Å²) in [4.78, 5) is 2.59. The second kappa shape index (κ2) is 3.55. The van der Waals surface area contributed by atoms with Gasteiger partial charge in [-0.15, -0.1) is 0 Å². The van der Waals surface area contributed by atoms with Gasteiger partial charge in [0.2, 0.25) is 0 Å². The van der Waals surface area contributed by atoms with Crippen LogP contribution in [0.5, 0.6) is 0 Å². The summed E-state index contributed by atoms with van der Waals surface area (Å²) < 4.78 is 0. The molecule has 3 aliphatic rings. The third-order valence-electron chi connectivity index (χ3n) is 3.53. The van der Waals surface area contributed by atoms with Crippen molar-refractivity contribution in [2.75, 3.05) is 25.0 Å². The molecular formula is C11H16N2S. The van der Waals surface area contributed by atoms with Crippen LogP contribution in [0.4, 0.5) is 5.69 Å². The minimum atomic E-state index is 0.701. The number of piperidine rings is 3. The Balaban J connectivity index is 1.68. The van der Waals surface area contributed by atoms with Crippen molar-refractivity contribution < 1.29 is 0 Å². The maximum atomic E-state index is 3.66. The van der Waals surface area contributed by atoms with Gasteiger partial charge in [0.15, 0.2) is 0 Å². The Morgan fingerprint density at radius 3 is 2.79 bits per heavy atom. The van der Waals surface area contributed by atoms with Gasteiger partial charge in [0.1, 0.15) is 0 Å². The summed E-state index contributed by atoms with van der Waals surface area (Å²) in [5.74, 6) is 0.917. The third-order valence-corrected chi connectivity index (χ3v) is 4.21. The predicted molar refractivity (Wildman–Crippen MR) is 60.9 cm³/mol. The van der Waals surface area contributed by atoms with Crippen LogP contribution < -0.4 is 5.32 Å².